The van der Waals surface area contributed by atoms with Crippen LogP contribution in [0.25, 0.3) is 0 Å². The Morgan fingerprint density at radius 3 is 2.89 bits per heavy atom. The van der Waals surface area contributed by atoms with E-state index in [-0.39, 0.29) is 0 Å². The zero-order chi connectivity index (χ0) is 13.5. The van der Waals surface area contributed by atoms with Gasteiger partial charge in [0.1, 0.15) is 5.75 Å². The van der Waals surface area contributed by atoms with E-state index in [1.807, 2.05) is 24.4 Å². The molecule has 0 spiro atoms. The Bertz CT molecular complexity index is 531. The summed E-state index contributed by atoms with van der Waals surface area (Å²) in [5.74, 6) is 0.952. The van der Waals surface area contributed by atoms with Crippen molar-refractivity contribution >= 4 is 15.9 Å². The molecule has 0 fully saturated rings. The first kappa shape index (κ1) is 14.0. The topological polar surface area (TPSA) is 34.1 Å². The van der Waals surface area contributed by atoms with Crippen molar-refractivity contribution in [2.75, 3.05) is 13.7 Å². The van der Waals surface area contributed by atoms with Crippen molar-refractivity contribution in [1.29, 1.82) is 0 Å². The van der Waals surface area contributed by atoms with Crippen LogP contribution in [0.1, 0.15) is 11.1 Å². The van der Waals surface area contributed by atoms with Crippen molar-refractivity contribution in [1.82, 2.24) is 10.3 Å². The molecule has 0 aliphatic heterocycles. The average Bonchev–Trinajstić information content (AvgIpc) is 2.44. The number of hydrogen-bond donors (Lipinski definition) is 1. The van der Waals surface area contributed by atoms with Gasteiger partial charge in [-0.05, 0) is 52.2 Å². The standard InChI is InChI=1S/C15H17BrN2O/c1-19-15-5-3-2-4-13(15)6-7-17-9-12-8-14(16)11-18-10-12/h2-5,8,10-11,17H,6-7,9H2,1H3. The minimum Gasteiger partial charge on any atom is -0.496 e. The highest BCUT2D eigenvalue weighted by Crippen LogP contribution is 2.17. The minimum atomic E-state index is 0.821. The molecule has 0 aliphatic rings. The lowest BCUT2D eigenvalue weighted by atomic mass is 10.1. The van der Waals surface area contributed by atoms with E-state index in [4.69, 9.17) is 4.74 Å². The summed E-state index contributed by atoms with van der Waals surface area (Å²) in [6.45, 7) is 1.73. The third-order valence-corrected chi connectivity index (χ3v) is 3.29. The van der Waals surface area contributed by atoms with Crippen molar-refractivity contribution in [2.24, 2.45) is 0 Å². The van der Waals surface area contributed by atoms with E-state index in [1.165, 1.54) is 11.1 Å². The van der Waals surface area contributed by atoms with Gasteiger partial charge in [-0.25, -0.2) is 0 Å². The van der Waals surface area contributed by atoms with E-state index in [2.05, 4.69) is 38.4 Å². The molecule has 0 atom stereocenters. The molecule has 0 saturated carbocycles. The van der Waals surface area contributed by atoms with Gasteiger partial charge in [0.05, 0.1) is 7.11 Å². The molecule has 0 amide bonds. The number of nitrogens with one attached hydrogen (secondary N) is 1. The third kappa shape index (κ3) is 4.33. The molecule has 19 heavy (non-hydrogen) atoms. The number of aromatic nitrogens is 1. The third-order valence-electron chi connectivity index (χ3n) is 2.85. The van der Waals surface area contributed by atoms with Gasteiger partial charge in [0.25, 0.3) is 0 Å². The number of hydrogen-bond acceptors (Lipinski definition) is 3. The van der Waals surface area contributed by atoms with Crippen molar-refractivity contribution in [2.45, 2.75) is 13.0 Å². The maximum atomic E-state index is 5.33. The van der Waals surface area contributed by atoms with Gasteiger partial charge < -0.3 is 10.1 Å². The lowest BCUT2D eigenvalue weighted by Gasteiger charge is -2.09. The highest BCUT2D eigenvalue weighted by Gasteiger charge is 2.01. The minimum absolute atomic E-state index is 0.821. The highest BCUT2D eigenvalue weighted by molar-refractivity contribution is 9.10. The molecule has 100 valence electrons. The highest BCUT2D eigenvalue weighted by atomic mass is 79.9. The summed E-state index contributed by atoms with van der Waals surface area (Å²) in [7, 11) is 1.71. The van der Waals surface area contributed by atoms with Crippen LogP contribution in [0.3, 0.4) is 0 Å². The van der Waals surface area contributed by atoms with E-state index in [0.717, 1.165) is 29.7 Å². The first-order chi connectivity index (χ1) is 9.29. The van der Waals surface area contributed by atoms with Gasteiger partial charge >= 0.3 is 0 Å². The Balaban J connectivity index is 1.81. The van der Waals surface area contributed by atoms with E-state index < -0.39 is 0 Å². The smallest absolute Gasteiger partial charge is 0.122 e. The molecule has 3 nitrogen and oxygen atoms in total. The molecule has 1 aromatic heterocycles. The van der Waals surface area contributed by atoms with E-state index in [0.29, 0.717) is 0 Å². The Morgan fingerprint density at radius 1 is 1.26 bits per heavy atom. The van der Waals surface area contributed by atoms with Gasteiger partial charge in [-0.3, -0.25) is 4.98 Å². The van der Waals surface area contributed by atoms with Crippen LogP contribution in [0.2, 0.25) is 0 Å². The second-order valence-electron chi connectivity index (χ2n) is 4.25. The van der Waals surface area contributed by atoms with Gasteiger partial charge in [0.2, 0.25) is 0 Å². The summed E-state index contributed by atoms with van der Waals surface area (Å²) in [5.41, 5.74) is 2.40. The van der Waals surface area contributed by atoms with Crippen LogP contribution in [0, 0.1) is 0 Å². The molecule has 2 rings (SSSR count). The van der Waals surface area contributed by atoms with Crippen LogP contribution in [0.4, 0.5) is 0 Å². The fourth-order valence-corrected chi connectivity index (χ4v) is 2.33. The van der Waals surface area contributed by atoms with Gasteiger partial charge in [-0.2, -0.15) is 0 Å². The number of rotatable bonds is 6. The average molecular weight is 321 g/mol. The Kier molecular flexibility index (Phi) is 5.36. The number of halogens is 1. The first-order valence-corrected chi connectivity index (χ1v) is 7.01. The molecule has 1 heterocycles. The van der Waals surface area contributed by atoms with E-state index in [9.17, 15) is 0 Å². The summed E-state index contributed by atoms with van der Waals surface area (Å²) >= 11 is 3.42. The molecule has 0 bridgehead atoms. The van der Waals surface area contributed by atoms with Crippen LogP contribution >= 0.6 is 15.9 Å². The normalized spacial score (nSPS) is 10.4. The van der Waals surface area contributed by atoms with Crippen molar-refractivity contribution in [3.8, 4) is 5.75 Å². The predicted octanol–water partition coefficient (Wildman–Crippen LogP) is 3.19. The van der Waals surface area contributed by atoms with Crippen molar-refractivity contribution < 1.29 is 4.74 Å². The van der Waals surface area contributed by atoms with Gasteiger partial charge in [0.15, 0.2) is 0 Å². The van der Waals surface area contributed by atoms with Crippen molar-refractivity contribution in [3.05, 3.63) is 58.3 Å². The maximum absolute atomic E-state index is 5.33. The summed E-state index contributed by atoms with van der Waals surface area (Å²) in [4.78, 5) is 4.14. The number of methoxy groups -OCH3 is 1. The molecule has 0 aliphatic carbocycles. The van der Waals surface area contributed by atoms with E-state index >= 15 is 0 Å². The fourth-order valence-electron chi connectivity index (χ4n) is 1.92. The summed E-state index contributed by atoms with van der Waals surface area (Å²) in [6, 6.07) is 10.2. The Labute approximate surface area is 122 Å². The molecule has 0 unspecified atom stereocenters. The summed E-state index contributed by atoms with van der Waals surface area (Å²) in [6.07, 6.45) is 4.62. The predicted molar refractivity (Wildman–Crippen MR) is 80.3 cm³/mol. The van der Waals surface area contributed by atoms with Crippen LogP contribution in [0.15, 0.2) is 47.2 Å². The molecule has 2 aromatic rings. The SMILES string of the molecule is COc1ccccc1CCNCc1cncc(Br)c1. The number of pyridine rings is 1. The van der Waals surface area contributed by atoms with Crippen LogP contribution < -0.4 is 10.1 Å². The quantitative estimate of drug-likeness (QED) is 0.830. The molecular weight excluding hydrogens is 304 g/mol. The van der Waals surface area contributed by atoms with Gasteiger partial charge in [-0.15, -0.1) is 0 Å². The largest absolute Gasteiger partial charge is 0.496 e. The molecule has 0 saturated heterocycles. The van der Waals surface area contributed by atoms with Crippen molar-refractivity contribution in [3.63, 3.8) is 0 Å². The lowest BCUT2D eigenvalue weighted by Crippen LogP contribution is -2.17. The first-order valence-electron chi connectivity index (χ1n) is 6.21. The molecular formula is C15H17BrN2O. The zero-order valence-electron chi connectivity index (χ0n) is 10.9. The number of benzene rings is 1. The maximum Gasteiger partial charge on any atom is 0.122 e. The zero-order valence-corrected chi connectivity index (χ0v) is 12.5. The second kappa shape index (κ2) is 7.26. The van der Waals surface area contributed by atoms with Crippen LogP contribution in [-0.2, 0) is 13.0 Å². The lowest BCUT2D eigenvalue weighted by molar-refractivity contribution is 0.409. The summed E-state index contributed by atoms with van der Waals surface area (Å²) in [5, 5.41) is 3.41. The van der Waals surface area contributed by atoms with Gasteiger partial charge in [0, 0.05) is 23.4 Å². The van der Waals surface area contributed by atoms with Crippen LogP contribution in [-0.4, -0.2) is 18.6 Å². The second-order valence-corrected chi connectivity index (χ2v) is 5.17. The van der Waals surface area contributed by atoms with Crippen LogP contribution in [0.5, 0.6) is 5.75 Å². The monoisotopic (exact) mass is 320 g/mol. The Morgan fingerprint density at radius 2 is 2.11 bits per heavy atom. The number of nitrogens with zero attached hydrogens (tertiary/aromatic N) is 1. The molecule has 4 heteroatoms. The molecule has 0 radical (unpaired) electrons. The Hall–Kier alpha value is -1.39. The summed E-state index contributed by atoms with van der Waals surface area (Å²) < 4.78 is 6.34. The molecule has 1 N–H and O–H groups in total. The fraction of sp³-hybridized carbons (Fsp3) is 0.267. The molecule has 1 aromatic carbocycles. The van der Waals surface area contributed by atoms with E-state index in [1.54, 1.807) is 13.3 Å². The van der Waals surface area contributed by atoms with Gasteiger partial charge in [-0.1, -0.05) is 18.2 Å². The number of ether oxygens (including phenoxy) is 1. The number of para-hydroxylation sites is 1.